The summed E-state index contributed by atoms with van der Waals surface area (Å²) in [6.07, 6.45) is 2.26. The number of halogens is 1. The number of carbonyl (C=O) groups is 1. The monoisotopic (exact) mass is 418 g/mol. The van der Waals surface area contributed by atoms with Crippen LogP contribution in [0.25, 0.3) is 5.65 Å². The van der Waals surface area contributed by atoms with Gasteiger partial charge in [0.05, 0.1) is 16.3 Å². The molecule has 0 aliphatic rings. The van der Waals surface area contributed by atoms with Gasteiger partial charge >= 0.3 is 0 Å². The topological polar surface area (TPSA) is 110 Å². The van der Waals surface area contributed by atoms with Crippen molar-refractivity contribution < 1.29 is 14.8 Å². The van der Waals surface area contributed by atoms with Crippen molar-refractivity contribution in [3.63, 3.8) is 0 Å². The Kier molecular flexibility index (Phi) is 4.64. The number of nitro groups is 1. The molecule has 8 nitrogen and oxygen atoms in total. The zero-order chi connectivity index (χ0) is 19.0. The van der Waals surface area contributed by atoms with Gasteiger partial charge in [-0.15, -0.1) is 0 Å². The summed E-state index contributed by atoms with van der Waals surface area (Å²) in [6.45, 7) is 3.77. The van der Waals surface area contributed by atoms with E-state index < -0.39 is 10.8 Å². The van der Waals surface area contributed by atoms with Gasteiger partial charge in [-0.1, -0.05) is 6.92 Å². The third kappa shape index (κ3) is 3.13. The second kappa shape index (κ2) is 6.75. The number of aromatic hydroxyl groups is 1. The highest BCUT2D eigenvalue weighted by atomic mass is 79.9. The van der Waals surface area contributed by atoms with Gasteiger partial charge in [-0.2, -0.15) is 0 Å². The van der Waals surface area contributed by atoms with E-state index in [4.69, 9.17) is 0 Å². The van der Waals surface area contributed by atoms with Gasteiger partial charge in [0.25, 0.3) is 11.6 Å². The van der Waals surface area contributed by atoms with Crippen LogP contribution in [0.4, 0.5) is 11.4 Å². The van der Waals surface area contributed by atoms with Crippen LogP contribution < -0.4 is 5.32 Å². The summed E-state index contributed by atoms with van der Waals surface area (Å²) in [5.74, 6) is -0.768. The smallest absolute Gasteiger partial charge is 0.274 e. The van der Waals surface area contributed by atoms with Crippen LogP contribution in [0.1, 0.15) is 28.7 Å². The number of carbonyl (C=O) groups excluding carboxylic acids is 1. The summed E-state index contributed by atoms with van der Waals surface area (Å²) < 4.78 is 2.46. The predicted molar refractivity (Wildman–Crippen MR) is 99.7 cm³/mol. The van der Waals surface area contributed by atoms with Crippen LogP contribution in [0.5, 0.6) is 5.75 Å². The minimum atomic E-state index is -0.596. The molecule has 3 aromatic rings. The van der Waals surface area contributed by atoms with Crippen molar-refractivity contribution in [2.75, 3.05) is 5.32 Å². The van der Waals surface area contributed by atoms with E-state index in [0.29, 0.717) is 23.5 Å². The van der Waals surface area contributed by atoms with Crippen molar-refractivity contribution in [2.45, 2.75) is 20.3 Å². The number of pyridine rings is 1. The highest BCUT2D eigenvalue weighted by Gasteiger charge is 2.21. The Labute approximate surface area is 156 Å². The zero-order valence-electron chi connectivity index (χ0n) is 14.0. The number of phenolic OH excluding ortho intramolecular Hbond substituents is 1. The number of nitrogens with zero attached hydrogens (tertiary/aromatic N) is 3. The molecule has 0 aliphatic heterocycles. The molecule has 1 aromatic carbocycles. The van der Waals surface area contributed by atoms with Crippen molar-refractivity contribution in [3.8, 4) is 5.75 Å². The summed E-state index contributed by atoms with van der Waals surface area (Å²) in [5, 5.41) is 23.4. The lowest BCUT2D eigenvalue weighted by atomic mass is 10.2. The Morgan fingerprint density at radius 3 is 2.81 bits per heavy atom. The Hall–Kier alpha value is -2.94. The number of anilines is 1. The number of nitro benzene ring substituents is 1. The molecule has 0 atom stereocenters. The maximum Gasteiger partial charge on any atom is 0.274 e. The van der Waals surface area contributed by atoms with Crippen molar-refractivity contribution in [1.82, 2.24) is 9.38 Å². The maximum atomic E-state index is 12.9. The van der Waals surface area contributed by atoms with E-state index in [2.05, 4.69) is 26.2 Å². The number of hydrogen-bond donors (Lipinski definition) is 2. The average molecular weight is 419 g/mol. The number of imidazole rings is 1. The molecule has 0 fully saturated rings. The number of phenols is 1. The van der Waals surface area contributed by atoms with Gasteiger partial charge in [0.1, 0.15) is 17.1 Å². The Morgan fingerprint density at radius 2 is 2.15 bits per heavy atom. The molecule has 1 amide bonds. The summed E-state index contributed by atoms with van der Waals surface area (Å²) in [7, 11) is 0. The van der Waals surface area contributed by atoms with Gasteiger partial charge in [0, 0.05) is 22.8 Å². The number of nitrogens with one attached hydrogen (secondary N) is 1. The molecule has 0 spiro atoms. The number of rotatable bonds is 4. The SMILES string of the molecule is CCc1nc2c(C)cc(Br)cn2c1C(=O)Nc1cc([N+](=O)[O-])ccc1O. The number of benzene rings is 1. The van der Waals surface area contributed by atoms with Gasteiger partial charge in [0.15, 0.2) is 0 Å². The van der Waals surface area contributed by atoms with Crippen LogP contribution in [0.2, 0.25) is 0 Å². The fraction of sp³-hybridized carbons (Fsp3) is 0.176. The number of non-ortho nitro benzene ring substituents is 1. The highest BCUT2D eigenvalue weighted by molar-refractivity contribution is 9.10. The summed E-state index contributed by atoms with van der Waals surface area (Å²) in [4.78, 5) is 27.7. The molecule has 0 unspecified atom stereocenters. The standard InChI is InChI=1S/C17H15BrN4O4/c1-3-12-15(21-8-10(18)6-9(2)16(21)19-12)17(24)20-13-7-11(22(25)26)4-5-14(13)23/h4-8,23H,3H2,1-2H3,(H,20,24). The third-order valence-electron chi connectivity index (χ3n) is 3.93. The second-order valence-corrected chi connectivity index (χ2v) is 6.62. The van der Waals surface area contributed by atoms with Crippen LogP contribution in [0.3, 0.4) is 0 Å². The lowest BCUT2D eigenvalue weighted by Gasteiger charge is -2.09. The third-order valence-corrected chi connectivity index (χ3v) is 4.37. The van der Waals surface area contributed by atoms with E-state index in [0.717, 1.165) is 22.2 Å². The Balaban J connectivity index is 2.08. The fourth-order valence-corrected chi connectivity index (χ4v) is 3.27. The lowest BCUT2D eigenvalue weighted by Crippen LogP contribution is -2.16. The molecule has 134 valence electrons. The normalized spacial score (nSPS) is 10.9. The van der Waals surface area contributed by atoms with Crippen LogP contribution >= 0.6 is 15.9 Å². The first-order chi connectivity index (χ1) is 12.3. The molecule has 0 aliphatic carbocycles. The van der Waals surface area contributed by atoms with Crippen molar-refractivity contribution in [2.24, 2.45) is 0 Å². The van der Waals surface area contributed by atoms with Crippen LogP contribution in [-0.2, 0) is 6.42 Å². The van der Waals surface area contributed by atoms with Gasteiger partial charge in [0.2, 0.25) is 0 Å². The second-order valence-electron chi connectivity index (χ2n) is 5.71. The summed E-state index contributed by atoms with van der Waals surface area (Å²) in [5.41, 5.74) is 2.19. The number of aromatic nitrogens is 2. The molecule has 3 rings (SSSR count). The first-order valence-corrected chi connectivity index (χ1v) is 8.57. The Morgan fingerprint density at radius 1 is 1.42 bits per heavy atom. The minimum Gasteiger partial charge on any atom is -0.506 e. The highest BCUT2D eigenvalue weighted by Crippen LogP contribution is 2.29. The molecule has 2 aromatic heterocycles. The molecule has 0 saturated heterocycles. The molecule has 0 bridgehead atoms. The first kappa shape index (κ1) is 17.9. The Bertz CT molecular complexity index is 1040. The number of fused-ring (bicyclic) bond motifs is 1. The quantitative estimate of drug-likeness (QED) is 0.380. The molecule has 2 heterocycles. The van der Waals surface area contributed by atoms with E-state index in [1.807, 2.05) is 19.9 Å². The first-order valence-electron chi connectivity index (χ1n) is 7.77. The van der Waals surface area contributed by atoms with E-state index >= 15 is 0 Å². The molecular formula is C17H15BrN4O4. The van der Waals surface area contributed by atoms with E-state index in [1.54, 1.807) is 10.6 Å². The van der Waals surface area contributed by atoms with Crippen LogP contribution in [0, 0.1) is 17.0 Å². The molecule has 9 heteroatoms. The average Bonchev–Trinajstić information content (AvgIpc) is 2.95. The summed E-state index contributed by atoms with van der Waals surface area (Å²) in [6, 6.07) is 5.35. The predicted octanol–water partition coefficient (Wildman–Crippen LogP) is 3.83. The van der Waals surface area contributed by atoms with Crippen molar-refractivity contribution >= 4 is 38.9 Å². The molecule has 2 N–H and O–H groups in total. The van der Waals surface area contributed by atoms with Crippen molar-refractivity contribution in [3.05, 3.63) is 62.0 Å². The van der Waals surface area contributed by atoms with Gasteiger partial charge in [-0.05, 0) is 47.0 Å². The van der Waals surface area contributed by atoms with E-state index in [-0.39, 0.29) is 17.1 Å². The number of aryl methyl sites for hydroxylation is 2. The summed E-state index contributed by atoms with van der Waals surface area (Å²) >= 11 is 3.41. The molecule has 26 heavy (non-hydrogen) atoms. The molecule has 0 saturated carbocycles. The van der Waals surface area contributed by atoms with Crippen molar-refractivity contribution in [1.29, 1.82) is 0 Å². The van der Waals surface area contributed by atoms with Gasteiger partial charge in [-0.3, -0.25) is 19.3 Å². The van der Waals surface area contributed by atoms with E-state index in [1.165, 1.54) is 6.07 Å². The van der Waals surface area contributed by atoms with E-state index in [9.17, 15) is 20.0 Å². The fourth-order valence-electron chi connectivity index (χ4n) is 2.72. The zero-order valence-corrected chi connectivity index (χ0v) is 15.6. The van der Waals surface area contributed by atoms with Gasteiger partial charge < -0.3 is 10.4 Å². The largest absolute Gasteiger partial charge is 0.506 e. The maximum absolute atomic E-state index is 12.9. The minimum absolute atomic E-state index is 0.0343. The number of hydrogen-bond acceptors (Lipinski definition) is 5. The van der Waals surface area contributed by atoms with Crippen LogP contribution in [0.15, 0.2) is 34.9 Å². The molecule has 0 radical (unpaired) electrons. The van der Waals surface area contributed by atoms with Gasteiger partial charge in [-0.25, -0.2) is 4.98 Å². The molecular weight excluding hydrogens is 404 g/mol. The number of amides is 1. The lowest BCUT2D eigenvalue weighted by molar-refractivity contribution is -0.384. The van der Waals surface area contributed by atoms with Crippen LogP contribution in [-0.4, -0.2) is 25.3 Å².